The van der Waals surface area contributed by atoms with Gasteiger partial charge < -0.3 is 8.83 Å². The van der Waals surface area contributed by atoms with Gasteiger partial charge in [0.05, 0.1) is 31.5 Å². The fourth-order valence-corrected chi connectivity index (χ4v) is 7.58. The van der Waals surface area contributed by atoms with Crippen LogP contribution in [0.2, 0.25) is 0 Å². The summed E-state index contributed by atoms with van der Waals surface area (Å²) in [4.78, 5) is 0. The average molecular weight is 736 g/mol. The van der Waals surface area contributed by atoms with E-state index >= 15 is 0 Å². The van der Waals surface area contributed by atoms with Crippen LogP contribution in [-0.4, -0.2) is 0 Å². The van der Waals surface area contributed by atoms with Crippen molar-refractivity contribution in [3.8, 4) is 44.5 Å². The summed E-state index contributed by atoms with van der Waals surface area (Å²) in [5.74, 6) is 0. The van der Waals surface area contributed by atoms with E-state index in [1.807, 2.05) is 18.2 Å². The molecule has 0 unspecified atom stereocenters. The lowest BCUT2D eigenvalue weighted by molar-refractivity contribution is 0.663. The molecule has 0 fully saturated rings. The maximum Gasteiger partial charge on any atom is 0.136 e. The number of rotatable bonds is 4. The minimum absolute atomic E-state index is 0.0692. The molecule has 0 amide bonds. The van der Waals surface area contributed by atoms with Crippen molar-refractivity contribution in [1.82, 2.24) is 0 Å². The molecule has 0 spiro atoms. The lowest BCUT2D eigenvalue weighted by atomic mass is 9.83. The third-order valence-corrected chi connectivity index (χ3v) is 9.97. The van der Waals surface area contributed by atoms with Gasteiger partial charge in [-0.05, 0) is 113 Å². The van der Waals surface area contributed by atoms with Gasteiger partial charge in [-0.3, -0.25) is 0 Å². The maximum atomic E-state index is 10.0. The molecule has 12 aromatic rings. The van der Waals surface area contributed by atoms with E-state index in [-0.39, 0.29) is 43.4 Å². The zero-order valence-corrected chi connectivity index (χ0v) is 28.5. The third-order valence-electron chi connectivity index (χ3n) is 9.97. The van der Waals surface area contributed by atoms with Gasteiger partial charge >= 0.3 is 0 Å². The van der Waals surface area contributed by atoms with Gasteiger partial charge in [0.25, 0.3) is 0 Å². The van der Waals surface area contributed by atoms with E-state index in [1.54, 1.807) is 36.4 Å². The smallest absolute Gasteiger partial charge is 0.136 e. The second-order valence-corrected chi connectivity index (χ2v) is 13.0. The minimum atomic E-state index is -0.971. The lowest BCUT2D eigenvalue weighted by Crippen LogP contribution is -1.92. The van der Waals surface area contributed by atoms with Gasteiger partial charge in [-0.1, -0.05) is 157 Å². The normalized spacial score (nSPS) is 17.7. The first-order chi connectivity index (χ1) is 37.4. The molecular formula is C54H32O2. The monoisotopic (exact) mass is 735 g/mol. The first kappa shape index (κ1) is 16.1. The number of hydrogen-bond donors (Lipinski definition) is 0. The number of benzene rings is 10. The molecule has 2 heteroatoms. The van der Waals surface area contributed by atoms with Crippen LogP contribution in [0.3, 0.4) is 0 Å². The highest BCUT2D eigenvalue weighted by molar-refractivity contribution is 6.27. The Kier molecular flexibility index (Phi) is 3.47. The van der Waals surface area contributed by atoms with Crippen LogP contribution in [0.15, 0.2) is 202 Å². The summed E-state index contributed by atoms with van der Waals surface area (Å²) in [7, 11) is 0. The van der Waals surface area contributed by atoms with Crippen molar-refractivity contribution >= 4 is 76.2 Å². The van der Waals surface area contributed by atoms with Crippen molar-refractivity contribution in [2.45, 2.75) is 0 Å². The largest absolute Gasteiger partial charge is 0.456 e. The molecule has 2 nitrogen and oxygen atoms in total. The fraction of sp³-hybridized carbons (Fsp3) is 0. The maximum absolute atomic E-state index is 10.0. The summed E-state index contributed by atoms with van der Waals surface area (Å²) < 4.78 is 224. The molecule has 260 valence electrons. The van der Waals surface area contributed by atoms with Crippen molar-refractivity contribution in [3.05, 3.63) is 194 Å². The van der Waals surface area contributed by atoms with Crippen LogP contribution >= 0.6 is 0 Å². The summed E-state index contributed by atoms with van der Waals surface area (Å²) in [6.45, 7) is 0. The van der Waals surface area contributed by atoms with Crippen LogP contribution in [0, 0.1) is 0 Å². The van der Waals surface area contributed by atoms with E-state index in [2.05, 4.69) is 0 Å². The molecule has 0 radical (unpaired) electrons. The van der Waals surface area contributed by atoms with Crippen LogP contribution in [0.25, 0.3) is 121 Å². The van der Waals surface area contributed by atoms with E-state index in [0.717, 1.165) is 5.56 Å². The SMILES string of the molecule is [2H]c1c([2H])c([2H])c2c(oc3c([2H])c([2H])c4oc5c([2H])c(-c6c([2H])c([2H])c(-c7c8c([2H])c([2H])c([2H])c([2H])c8c(-c8cccc(-c9ccccc9)c8)c8c([2H])c([2H])c([2H])c([2H])c78)c7c([2H])c([2H])c([2H])c([2H])c67)c([2H])c([2H])c5c4c32)c1[2H]. The van der Waals surface area contributed by atoms with Gasteiger partial charge in [0.1, 0.15) is 22.3 Å². The Morgan fingerprint density at radius 1 is 0.321 bits per heavy atom. The highest BCUT2D eigenvalue weighted by Gasteiger charge is 2.21. The number of fused-ring (bicyclic) bond motifs is 10. The van der Waals surface area contributed by atoms with Gasteiger partial charge in [-0.2, -0.15) is 0 Å². The number of furan rings is 2. The second-order valence-electron chi connectivity index (χ2n) is 13.0. The molecule has 10 aromatic carbocycles. The van der Waals surface area contributed by atoms with Gasteiger partial charge in [-0.25, -0.2) is 0 Å². The average Bonchev–Trinajstić information content (AvgIpc) is 3.70. The Hall–Kier alpha value is -7.42. The Balaban J connectivity index is 1.28. The van der Waals surface area contributed by atoms with Gasteiger partial charge in [0.2, 0.25) is 0 Å². The lowest BCUT2D eigenvalue weighted by Gasteiger charge is -2.20. The zero-order valence-electron chi connectivity index (χ0n) is 51.5. The van der Waals surface area contributed by atoms with Gasteiger partial charge in [-0.15, -0.1) is 0 Å². The van der Waals surface area contributed by atoms with Crippen LogP contribution in [0.4, 0.5) is 0 Å². The van der Waals surface area contributed by atoms with Crippen molar-refractivity contribution in [3.63, 3.8) is 0 Å². The molecule has 0 bridgehead atoms. The molecule has 0 atom stereocenters. The Morgan fingerprint density at radius 3 is 1.54 bits per heavy atom. The van der Waals surface area contributed by atoms with Gasteiger partial charge in [0.15, 0.2) is 0 Å². The molecule has 0 saturated heterocycles. The topological polar surface area (TPSA) is 26.3 Å². The van der Waals surface area contributed by atoms with Crippen molar-refractivity contribution in [2.24, 2.45) is 0 Å². The minimum Gasteiger partial charge on any atom is -0.456 e. The van der Waals surface area contributed by atoms with Gasteiger partial charge in [0, 0.05) is 21.5 Å². The Labute approximate surface area is 354 Å². The number of para-hydroxylation sites is 1. The first-order valence-electron chi connectivity index (χ1n) is 28.8. The molecule has 12 rings (SSSR count). The quantitative estimate of drug-likeness (QED) is 0.168. The summed E-state index contributed by atoms with van der Waals surface area (Å²) in [6, 6.07) is -2.23. The third kappa shape index (κ3) is 4.57. The van der Waals surface area contributed by atoms with Crippen LogP contribution < -0.4 is 0 Å². The van der Waals surface area contributed by atoms with Crippen LogP contribution in [0.5, 0.6) is 0 Å². The highest BCUT2D eigenvalue weighted by atomic mass is 16.3. The first-order valence-corrected chi connectivity index (χ1v) is 17.3. The Morgan fingerprint density at radius 2 is 0.839 bits per heavy atom. The Bertz CT molecular complexity index is 4790. The molecule has 2 aromatic heterocycles. The van der Waals surface area contributed by atoms with Crippen LogP contribution in [0.1, 0.15) is 31.5 Å². The summed E-state index contributed by atoms with van der Waals surface area (Å²) in [6.07, 6.45) is 0. The molecule has 2 heterocycles. The second kappa shape index (κ2) is 12.0. The van der Waals surface area contributed by atoms with E-state index in [9.17, 15) is 15.1 Å². The number of hydrogen-bond acceptors (Lipinski definition) is 2. The van der Waals surface area contributed by atoms with E-state index in [1.165, 1.54) is 0 Å². The summed E-state index contributed by atoms with van der Waals surface area (Å²) in [5, 5.41) is -3.81. The van der Waals surface area contributed by atoms with Crippen molar-refractivity contribution in [2.75, 3.05) is 0 Å². The molecule has 0 aliphatic rings. The van der Waals surface area contributed by atoms with Crippen molar-refractivity contribution < 1.29 is 40.4 Å². The predicted molar refractivity (Wildman–Crippen MR) is 235 cm³/mol. The molecule has 56 heavy (non-hydrogen) atoms. The molecule has 0 N–H and O–H groups in total. The predicted octanol–water partition coefficient (Wildman–Crippen LogP) is 15.6. The fourth-order valence-electron chi connectivity index (χ4n) is 7.58. The molecule has 0 aliphatic heterocycles. The zero-order chi connectivity index (χ0) is 56.8. The highest BCUT2D eigenvalue weighted by Crippen LogP contribution is 2.47. The molecular weight excluding hydrogens is 681 g/mol. The van der Waals surface area contributed by atoms with E-state index < -0.39 is 205 Å². The summed E-state index contributed by atoms with van der Waals surface area (Å²) in [5.41, 5.74) is -2.83. The van der Waals surface area contributed by atoms with E-state index in [0.29, 0.717) is 5.56 Å². The molecule has 0 saturated carbocycles. The van der Waals surface area contributed by atoms with Crippen LogP contribution in [-0.2, 0) is 0 Å². The standard InChI is InChI=1S/C54H32O2/c1-2-13-33(14-3-1)34-15-12-16-36(31-34)51-40-19-6-8-21-42(40)52(43-22-9-7-20-41(43)51)44-28-27-37(38-17-4-5-18-39(38)44)35-25-26-46-50(32-35)56-49-30-29-48-53(54(46)49)45-23-10-11-24-47(45)55-48/h1-32H/i4D,5D,6D,7D,8D,9D,10D,11D,17D,18D,19D,20D,21D,22D,23D,24D,25D,26D,27D,28D,29D,30D,32D. The van der Waals surface area contributed by atoms with Crippen molar-refractivity contribution in [1.29, 1.82) is 0 Å². The molecule has 0 aliphatic carbocycles. The summed E-state index contributed by atoms with van der Waals surface area (Å²) >= 11 is 0. The van der Waals surface area contributed by atoms with E-state index in [4.69, 9.17) is 25.3 Å².